The van der Waals surface area contributed by atoms with E-state index in [9.17, 15) is 14.4 Å². The van der Waals surface area contributed by atoms with Gasteiger partial charge in [-0.25, -0.2) is 0 Å². The van der Waals surface area contributed by atoms with Crippen LogP contribution in [0, 0.1) is 0 Å². The van der Waals surface area contributed by atoms with Crippen molar-refractivity contribution in [1.29, 1.82) is 0 Å². The van der Waals surface area contributed by atoms with Gasteiger partial charge in [0.25, 0.3) is 5.91 Å². The number of nitrogens with zero attached hydrogens (tertiary/aromatic N) is 2. The number of halogens is 1. The number of nitrogens with two attached hydrogens (primary N) is 1. The molecule has 9 heteroatoms. The molecule has 1 aliphatic rings. The van der Waals surface area contributed by atoms with Gasteiger partial charge in [0.05, 0.1) is 18.0 Å². The Hall–Kier alpha value is -1.64. The summed E-state index contributed by atoms with van der Waals surface area (Å²) < 4.78 is 0. The van der Waals surface area contributed by atoms with E-state index >= 15 is 0 Å². The molecular formula is C13H19ClN4O3S. The summed E-state index contributed by atoms with van der Waals surface area (Å²) in [5.41, 5.74) is 5.15. The van der Waals surface area contributed by atoms with Gasteiger partial charge in [0.2, 0.25) is 11.8 Å². The maximum absolute atomic E-state index is 12.2. The van der Waals surface area contributed by atoms with E-state index in [2.05, 4.69) is 5.32 Å². The third-order valence-electron chi connectivity index (χ3n) is 3.27. The topological polar surface area (TPSA) is 95.7 Å². The minimum Gasteiger partial charge on any atom is -0.346 e. The van der Waals surface area contributed by atoms with Gasteiger partial charge in [-0.05, 0) is 11.4 Å². The highest BCUT2D eigenvalue weighted by molar-refractivity contribution is 7.12. The van der Waals surface area contributed by atoms with E-state index in [1.165, 1.54) is 11.3 Å². The first-order valence-electron chi connectivity index (χ1n) is 6.69. The number of rotatable bonds is 4. The Morgan fingerprint density at radius 2 is 1.82 bits per heavy atom. The zero-order valence-corrected chi connectivity index (χ0v) is 13.6. The lowest BCUT2D eigenvalue weighted by molar-refractivity contribution is -0.133. The Kier molecular flexibility index (Phi) is 7.30. The SMILES string of the molecule is Cl.NCC(=O)NCC(=O)N1CCN(C(=O)c2cccs2)CC1. The second-order valence-electron chi connectivity index (χ2n) is 4.63. The Morgan fingerprint density at radius 3 is 2.36 bits per heavy atom. The third kappa shape index (κ3) is 4.69. The fraction of sp³-hybridized carbons (Fsp3) is 0.462. The lowest BCUT2D eigenvalue weighted by atomic mass is 10.3. The molecule has 2 heterocycles. The van der Waals surface area contributed by atoms with E-state index in [0.717, 1.165) is 0 Å². The van der Waals surface area contributed by atoms with E-state index in [0.29, 0.717) is 31.1 Å². The molecule has 1 aromatic heterocycles. The first-order chi connectivity index (χ1) is 10.1. The van der Waals surface area contributed by atoms with Gasteiger partial charge >= 0.3 is 0 Å². The van der Waals surface area contributed by atoms with Crippen LogP contribution in [0.2, 0.25) is 0 Å². The van der Waals surface area contributed by atoms with Crippen LogP contribution in [0.4, 0.5) is 0 Å². The van der Waals surface area contributed by atoms with Crippen LogP contribution >= 0.6 is 23.7 Å². The van der Waals surface area contributed by atoms with Gasteiger partial charge in [-0.1, -0.05) is 6.07 Å². The molecule has 0 saturated carbocycles. The number of hydrogen-bond donors (Lipinski definition) is 2. The molecule has 0 aliphatic carbocycles. The molecule has 0 spiro atoms. The molecule has 3 N–H and O–H groups in total. The fourth-order valence-corrected chi connectivity index (χ4v) is 2.76. The summed E-state index contributed by atoms with van der Waals surface area (Å²) in [5.74, 6) is -0.497. The van der Waals surface area contributed by atoms with Crippen molar-refractivity contribution in [2.45, 2.75) is 0 Å². The van der Waals surface area contributed by atoms with Crippen LogP contribution in [0.15, 0.2) is 17.5 Å². The molecule has 1 fully saturated rings. The van der Waals surface area contributed by atoms with Crippen molar-refractivity contribution >= 4 is 41.5 Å². The molecule has 0 radical (unpaired) electrons. The van der Waals surface area contributed by atoms with Crippen molar-refractivity contribution in [2.24, 2.45) is 5.73 Å². The average Bonchev–Trinajstić information content (AvgIpc) is 3.06. The minimum absolute atomic E-state index is 0. The lowest BCUT2D eigenvalue weighted by Crippen LogP contribution is -2.52. The van der Waals surface area contributed by atoms with Gasteiger partial charge in [-0.15, -0.1) is 23.7 Å². The Bertz CT molecular complexity index is 515. The van der Waals surface area contributed by atoms with E-state index in [4.69, 9.17) is 5.73 Å². The summed E-state index contributed by atoms with van der Waals surface area (Å²) >= 11 is 1.41. The summed E-state index contributed by atoms with van der Waals surface area (Å²) in [6.07, 6.45) is 0. The Labute approximate surface area is 138 Å². The smallest absolute Gasteiger partial charge is 0.264 e. The van der Waals surface area contributed by atoms with Crippen LogP contribution in [0.1, 0.15) is 9.67 Å². The first kappa shape index (κ1) is 18.4. The largest absolute Gasteiger partial charge is 0.346 e. The van der Waals surface area contributed by atoms with Gasteiger partial charge in [0.1, 0.15) is 0 Å². The number of amides is 3. The highest BCUT2D eigenvalue weighted by Gasteiger charge is 2.25. The second-order valence-corrected chi connectivity index (χ2v) is 5.58. The highest BCUT2D eigenvalue weighted by Crippen LogP contribution is 2.13. The second kappa shape index (κ2) is 8.72. The van der Waals surface area contributed by atoms with E-state index in [1.807, 2.05) is 11.4 Å². The van der Waals surface area contributed by atoms with Gasteiger partial charge in [0.15, 0.2) is 0 Å². The predicted octanol–water partition coefficient (Wildman–Crippen LogP) is -0.471. The van der Waals surface area contributed by atoms with Gasteiger partial charge in [-0.3, -0.25) is 14.4 Å². The monoisotopic (exact) mass is 346 g/mol. The summed E-state index contributed by atoms with van der Waals surface area (Å²) in [5, 5.41) is 4.32. The van der Waals surface area contributed by atoms with Crippen LogP contribution in [0.25, 0.3) is 0 Å². The number of carbonyl (C=O) groups is 3. The van der Waals surface area contributed by atoms with E-state index in [1.54, 1.807) is 15.9 Å². The molecule has 2 rings (SSSR count). The van der Waals surface area contributed by atoms with Crippen LogP contribution in [0.5, 0.6) is 0 Å². The van der Waals surface area contributed by atoms with Crippen LogP contribution in [-0.2, 0) is 9.59 Å². The molecule has 0 unspecified atom stereocenters. The summed E-state index contributed by atoms with van der Waals surface area (Å²) in [4.78, 5) is 39.2. The quantitative estimate of drug-likeness (QED) is 0.770. The zero-order valence-electron chi connectivity index (χ0n) is 12.0. The van der Waals surface area contributed by atoms with Gasteiger partial charge in [-0.2, -0.15) is 0 Å². The molecular weight excluding hydrogens is 328 g/mol. The van der Waals surface area contributed by atoms with Crippen molar-refractivity contribution in [3.63, 3.8) is 0 Å². The van der Waals surface area contributed by atoms with Gasteiger partial charge in [0, 0.05) is 26.2 Å². The predicted molar refractivity (Wildman–Crippen MR) is 86.1 cm³/mol. The summed E-state index contributed by atoms with van der Waals surface area (Å²) in [6.45, 7) is 1.80. The van der Waals surface area contributed by atoms with Crippen molar-refractivity contribution in [3.05, 3.63) is 22.4 Å². The molecule has 0 aromatic carbocycles. The molecule has 0 bridgehead atoms. The van der Waals surface area contributed by atoms with Crippen molar-refractivity contribution in [3.8, 4) is 0 Å². The van der Waals surface area contributed by atoms with Crippen LogP contribution in [-0.4, -0.2) is 66.8 Å². The van der Waals surface area contributed by atoms with Crippen molar-refractivity contribution in [2.75, 3.05) is 39.3 Å². The minimum atomic E-state index is -0.352. The standard InChI is InChI=1S/C13H18N4O3S.ClH/c14-8-11(18)15-9-12(19)16-3-5-17(6-4-16)13(20)10-2-1-7-21-10;/h1-2,7H,3-6,8-9,14H2,(H,15,18);1H. The Balaban J connectivity index is 0.00000242. The van der Waals surface area contributed by atoms with Crippen molar-refractivity contribution in [1.82, 2.24) is 15.1 Å². The number of nitrogens with one attached hydrogen (secondary N) is 1. The molecule has 1 saturated heterocycles. The molecule has 122 valence electrons. The number of carbonyl (C=O) groups excluding carboxylic acids is 3. The fourth-order valence-electron chi connectivity index (χ4n) is 2.07. The lowest BCUT2D eigenvalue weighted by Gasteiger charge is -2.34. The van der Waals surface area contributed by atoms with Crippen LogP contribution < -0.4 is 11.1 Å². The highest BCUT2D eigenvalue weighted by atomic mass is 35.5. The summed E-state index contributed by atoms with van der Waals surface area (Å²) in [6, 6.07) is 3.64. The molecule has 0 atom stereocenters. The maximum Gasteiger partial charge on any atom is 0.264 e. The molecule has 3 amide bonds. The molecule has 7 nitrogen and oxygen atoms in total. The average molecular weight is 347 g/mol. The third-order valence-corrected chi connectivity index (χ3v) is 4.13. The number of piperazine rings is 1. The first-order valence-corrected chi connectivity index (χ1v) is 7.57. The van der Waals surface area contributed by atoms with Gasteiger partial charge < -0.3 is 20.9 Å². The van der Waals surface area contributed by atoms with Crippen molar-refractivity contribution < 1.29 is 14.4 Å². The zero-order chi connectivity index (χ0) is 15.2. The normalized spacial score (nSPS) is 14.2. The van der Waals surface area contributed by atoms with Crippen LogP contribution in [0.3, 0.4) is 0 Å². The van der Waals surface area contributed by atoms with E-state index < -0.39 is 0 Å². The molecule has 1 aliphatic heterocycles. The maximum atomic E-state index is 12.2. The summed E-state index contributed by atoms with van der Waals surface area (Å²) in [7, 11) is 0. The molecule has 22 heavy (non-hydrogen) atoms. The molecule has 1 aromatic rings. The number of hydrogen-bond acceptors (Lipinski definition) is 5. The number of thiophene rings is 1. The van der Waals surface area contributed by atoms with E-state index in [-0.39, 0.29) is 43.2 Å². The Morgan fingerprint density at radius 1 is 1.18 bits per heavy atom.